The highest BCUT2D eigenvalue weighted by Crippen LogP contribution is 2.29. The highest BCUT2D eigenvalue weighted by atomic mass is 35.5. The molecular weight excluding hydrogens is 210 g/mol. The van der Waals surface area contributed by atoms with Crippen LogP contribution in [0, 0.1) is 5.92 Å². The van der Waals surface area contributed by atoms with Crippen molar-refractivity contribution in [2.45, 2.75) is 50.0 Å². The van der Waals surface area contributed by atoms with E-state index in [1.165, 1.54) is 38.5 Å². The standard InChI is InChI=1S/C12H22ClNO/c13-12-6-3-4-10(12)8-14-9-11-5-1-2-7-15-11/h10-12,14H,1-9H2. The minimum absolute atomic E-state index is 0.407. The number of ether oxygens (including phenoxy) is 1. The Labute approximate surface area is 97.7 Å². The lowest BCUT2D eigenvalue weighted by Crippen LogP contribution is -2.35. The van der Waals surface area contributed by atoms with Crippen LogP contribution in [0.1, 0.15) is 38.5 Å². The number of halogens is 1. The Morgan fingerprint density at radius 3 is 2.67 bits per heavy atom. The fraction of sp³-hybridized carbons (Fsp3) is 1.00. The predicted molar refractivity (Wildman–Crippen MR) is 63.4 cm³/mol. The summed E-state index contributed by atoms with van der Waals surface area (Å²) >= 11 is 6.23. The summed E-state index contributed by atoms with van der Waals surface area (Å²) in [6.07, 6.45) is 8.05. The first kappa shape index (κ1) is 11.7. The van der Waals surface area contributed by atoms with E-state index in [0.29, 0.717) is 17.4 Å². The second-order valence-corrected chi connectivity index (χ2v) is 5.41. The van der Waals surface area contributed by atoms with Crippen molar-refractivity contribution < 1.29 is 4.74 Å². The number of rotatable bonds is 4. The third-order valence-corrected chi connectivity index (χ3v) is 4.19. The molecule has 0 aromatic rings. The van der Waals surface area contributed by atoms with Gasteiger partial charge < -0.3 is 10.1 Å². The Hall–Kier alpha value is 0.210. The Morgan fingerprint density at radius 1 is 1.07 bits per heavy atom. The van der Waals surface area contributed by atoms with Crippen LogP contribution in [0.3, 0.4) is 0 Å². The van der Waals surface area contributed by atoms with Crippen LogP contribution < -0.4 is 5.32 Å². The van der Waals surface area contributed by atoms with Gasteiger partial charge in [-0.1, -0.05) is 6.42 Å². The Morgan fingerprint density at radius 2 is 2.00 bits per heavy atom. The third kappa shape index (κ3) is 3.61. The van der Waals surface area contributed by atoms with Gasteiger partial charge in [0.25, 0.3) is 0 Å². The smallest absolute Gasteiger partial charge is 0.0699 e. The first-order chi connectivity index (χ1) is 7.36. The first-order valence-corrected chi connectivity index (χ1v) is 6.76. The summed E-state index contributed by atoms with van der Waals surface area (Å²) in [5.74, 6) is 0.690. The van der Waals surface area contributed by atoms with Gasteiger partial charge in [0, 0.05) is 18.5 Å². The van der Waals surface area contributed by atoms with Gasteiger partial charge >= 0.3 is 0 Å². The number of alkyl halides is 1. The van der Waals surface area contributed by atoms with Crippen LogP contribution in [0.25, 0.3) is 0 Å². The lowest BCUT2D eigenvalue weighted by atomic mass is 10.1. The fourth-order valence-corrected chi connectivity index (χ4v) is 2.99. The van der Waals surface area contributed by atoms with E-state index in [1.807, 2.05) is 0 Å². The van der Waals surface area contributed by atoms with Crippen LogP contribution in [0.5, 0.6) is 0 Å². The minimum atomic E-state index is 0.407. The molecule has 3 atom stereocenters. The maximum absolute atomic E-state index is 6.23. The van der Waals surface area contributed by atoms with E-state index < -0.39 is 0 Å². The van der Waals surface area contributed by atoms with E-state index in [4.69, 9.17) is 16.3 Å². The molecule has 1 aliphatic carbocycles. The van der Waals surface area contributed by atoms with Crippen LogP contribution in [-0.2, 0) is 4.74 Å². The van der Waals surface area contributed by atoms with Crippen molar-refractivity contribution in [3.8, 4) is 0 Å². The Kier molecular flexibility index (Phi) is 4.73. The lowest BCUT2D eigenvalue weighted by molar-refractivity contribution is 0.0166. The van der Waals surface area contributed by atoms with E-state index in [9.17, 15) is 0 Å². The summed E-state index contributed by atoms with van der Waals surface area (Å²) in [6.45, 7) is 3.04. The second-order valence-electron chi connectivity index (χ2n) is 4.85. The minimum Gasteiger partial charge on any atom is -0.377 e. The van der Waals surface area contributed by atoms with Crippen LogP contribution in [0.15, 0.2) is 0 Å². The maximum Gasteiger partial charge on any atom is 0.0699 e. The summed E-state index contributed by atoms with van der Waals surface area (Å²) in [4.78, 5) is 0. The molecule has 0 amide bonds. The van der Waals surface area contributed by atoms with E-state index in [1.54, 1.807) is 0 Å². The van der Waals surface area contributed by atoms with E-state index >= 15 is 0 Å². The summed E-state index contributed by atoms with van der Waals surface area (Å²) < 4.78 is 5.67. The van der Waals surface area contributed by atoms with E-state index in [0.717, 1.165) is 19.7 Å². The van der Waals surface area contributed by atoms with Crippen LogP contribution >= 0.6 is 11.6 Å². The summed E-state index contributed by atoms with van der Waals surface area (Å²) in [7, 11) is 0. The zero-order valence-electron chi connectivity index (χ0n) is 9.38. The van der Waals surface area contributed by atoms with E-state index in [-0.39, 0.29) is 0 Å². The molecule has 88 valence electrons. The van der Waals surface area contributed by atoms with Gasteiger partial charge in [-0.25, -0.2) is 0 Å². The molecule has 1 heterocycles. The van der Waals surface area contributed by atoms with Gasteiger partial charge in [0.2, 0.25) is 0 Å². The van der Waals surface area contributed by atoms with Crippen molar-refractivity contribution in [3.63, 3.8) is 0 Å². The topological polar surface area (TPSA) is 21.3 Å². The fourth-order valence-electron chi connectivity index (χ4n) is 2.62. The van der Waals surface area contributed by atoms with Gasteiger partial charge in [-0.2, -0.15) is 0 Å². The molecule has 0 aromatic carbocycles. The summed E-state index contributed by atoms with van der Waals surface area (Å²) in [5.41, 5.74) is 0. The highest BCUT2D eigenvalue weighted by Gasteiger charge is 2.25. The van der Waals surface area contributed by atoms with Crippen molar-refractivity contribution in [1.29, 1.82) is 0 Å². The normalized spacial score (nSPS) is 37.0. The maximum atomic E-state index is 6.23. The predicted octanol–water partition coefficient (Wildman–Crippen LogP) is 2.55. The van der Waals surface area contributed by atoms with Crippen molar-refractivity contribution in [3.05, 3.63) is 0 Å². The molecule has 2 aliphatic rings. The van der Waals surface area contributed by atoms with Crippen molar-refractivity contribution >= 4 is 11.6 Å². The largest absolute Gasteiger partial charge is 0.377 e. The average molecular weight is 232 g/mol. The molecule has 1 aliphatic heterocycles. The Balaban J connectivity index is 1.57. The number of hydrogen-bond donors (Lipinski definition) is 1. The number of nitrogens with one attached hydrogen (secondary N) is 1. The average Bonchev–Trinajstić information content (AvgIpc) is 2.66. The lowest BCUT2D eigenvalue weighted by Gasteiger charge is -2.24. The van der Waals surface area contributed by atoms with Gasteiger partial charge in [-0.15, -0.1) is 11.6 Å². The van der Waals surface area contributed by atoms with Crippen molar-refractivity contribution in [1.82, 2.24) is 5.32 Å². The molecule has 1 saturated heterocycles. The summed E-state index contributed by atoms with van der Waals surface area (Å²) in [6, 6.07) is 0. The molecule has 2 fully saturated rings. The molecule has 2 rings (SSSR count). The van der Waals surface area contributed by atoms with Crippen LogP contribution in [0.2, 0.25) is 0 Å². The molecule has 0 bridgehead atoms. The third-order valence-electron chi connectivity index (χ3n) is 3.62. The summed E-state index contributed by atoms with van der Waals surface area (Å²) in [5, 5.41) is 3.93. The highest BCUT2D eigenvalue weighted by molar-refractivity contribution is 6.20. The second kappa shape index (κ2) is 6.07. The SMILES string of the molecule is ClC1CCCC1CNCC1CCCCO1. The molecule has 0 spiro atoms. The van der Waals surface area contributed by atoms with Gasteiger partial charge in [-0.05, 0) is 44.6 Å². The quantitative estimate of drug-likeness (QED) is 0.751. The monoisotopic (exact) mass is 231 g/mol. The Bertz CT molecular complexity index is 182. The zero-order valence-corrected chi connectivity index (χ0v) is 10.1. The van der Waals surface area contributed by atoms with Gasteiger partial charge in [0.15, 0.2) is 0 Å². The number of hydrogen-bond acceptors (Lipinski definition) is 2. The molecule has 0 aromatic heterocycles. The molecule has 1 saturated carbocycles. The van der Waals surface area contributed by atoms with Gasteiger partial charge in [0.05, 0.1) is 6.10 Å². The molecular formula is C12H22ClNO. The first-order valence-electron chi connectivity index (χ1n) is 6.32. The molecule has 2 nitrogen and oxygen atoms in total. The van der Waals surface area contributed by atoms with Gasteiger partial charge in [0.1, 0.15) is 0 Å². The van der Waals surface area contributed by atoms with Crippen molar-refractivity contribution in [2.75, 3.05) is 19.7 Å². The zero-order chi connectivity index (χ0) is 10.5. The molecule has 1 N–H and O–H groups in total. The van der Waals surface area contributed by atoms with Crippen LogP contribution in [0.4, 0.5) is 0 Å². The molecule has 3 unspecified atom stereocenters. The molecule has 15 heavy (non-hydrogen) atoms. The molecule has 0 radical (unpaired) electrons. The van der Waals surface area contributed by atoms with E-state index in [2.05, 4.69) is 5.32 Å². The van der Waals surface area contributed by atoms with Crippen molar-refractivity contribution in [2.24, 2.45) is 5.92 Å². The van der Waals surface area contributed by atoms with Gasteiger partial charge in [-0.3, -0.25) is 0 Å². The molecule has 3 heteroatoms. The van der Waals surface area contributed by atoms with Crippen LogP contribution in [-0.4, -0.2) is 31.2 Å².